The molecule has 1 heterocycles. The number of nitrogens with zero attached hydrogens (tertiary/aromatic N) is 2. The second-order valence-corrected chi connectivity index (χ2v) is 7.48. The van der Waals surface area contributed by atoms with Crippen LogP contribution in [0.4, 0.5) is 5.69 Å². The SMILES string of the molecule is COc1cccc(N2CCN(CCCOc3cccc4c3CCC4)CC2)c1. The zero-order chi connectivity index (χ0) is 18.5. The third-order valence-electron chi connectivity index (χ3n) is 5.77. The van der Waals surface area contributed by atoms with Gasteiger partial charge in [-0.3, -0.25) is 4.90 Å². The quantitative estimate of drug-likeness (QED) is 0.697. The number of hydrogen-bond acceptors (Lipinski definition) is 4. The van der Waals surface area contributed by atoms with Crippen molar-refractivity contribution >= 4 is 5.69 Å². The van der Waals surface area contributed by atoms with E-state index in [2.05, 4.69) is 46.2 Å². The Kier molecular flexibility index (Phi) is 5.83. The van der Waals surface area contributed by atoms with Crippen LogP contribution in [0.2, 0.25) is 0 Å². The van der Waals surface area contributed by atoms with E-state index in [0.717, 1.165) is 57.3 Å². The van der Waals surface area contributed by atoms with Crippen molar-refractivity contribution in [2.75, 3.05) is 51.3 Å². The van der Waals surface area contributed by atoms with Crippen LogP contribution in [0, 0.1) is 0 Å². The van der Waals surface area contributed by atoms with Crippen molar-refractivity contribution in [2.24, 2.45) is 0 Å². The van der Waals surface area contributed by atoms with Gasteiger partial charge in [0.2, 0.25) is 0 Å². The van der Waals surface area contributed by atoms with E-state index in [1.165, 1.54) is 36.1 Å². The fourth-order valence-electron chi connectivity index (χ4n) is 4.23. The Bertz CT molecular complexity index is 754. The molecule has 0 aromatic heterocycles. The van der Waals surface area contributed by atoms with Crippen LogP contribution < -0.4 is 14.4 Å². The van der Waals surface area contributed by atoms with Crippen LogP contribution in [0.5, 0.6) is 11.5 Å². The summed E-state index contributed by atoms with van der Waals surface area (Å²) in [6, 6.07) is 14.9. The van der Waals surface area contributed by atoms with E-state index in [1.54, 1.807) is 7.11 Å². The Labute approximate surface area is 162 Å². The van der Waals surface area contributed by atoms with Gasteiger partial charge in [-0.05, 0) is 55.0 Å². The molecule has 4 heteroatoms. The lowest BCUT2D eigenvalue weighted by atomic mass is 10.1. The van der Waals surface area contributed by atoms with Gasteiger partial charge in [-0.15, -0.1) is 0 Å². The van der Waals surface area contributed by atoms with Crippen molar-refractivity contribution in [3.8, 4) is 11.5 Å². The molecule has 4 rings (SSSR count). The predicted octanol–water partition coefficient (Wildman–Crippen LogP) is 3.78. The van der Waals surface area contributed by atoms with Gasteiger partial charge in [-0.25, -0.2) is 0 Å². The average Bonchev–Trinajstić information content (AvgIpc) is 3.21. The monoisotopic (exact) mass is 366 g/mol. The van der Waals surface area contributed by atoms with Gasteiger partial charge in [0.05, 0.1) is 13.7 Å². The molecule has 0 amide bonds. The lowest BCUT2D eigenvalue weighted by Crippen LogP contribution is -2.46. The minimum absolute atomic E-state index is 0.812. The normalized spacial score (nSPS) is 17.0. The number of aryl methyl sites for hydroxylation is 1. The summed E-state index contributed by atoms with van der Waals surface area (Å²) in [5, 5.41) is 0. The molecule has 0 atom stereocenters. The fourth-order valence-corrected chi connectivity index (χ4v) is 4.23. The van der Waals surface area contributed by atoms with Crippen molar-refractivity contribution in [2.45, 2.75) is 25.7 Å². The molecule has 2 aromatic carbocycles. The van der Waals surface area contributed by atoms with Crippen molar-refractivity contribution in [1.29, 1.82) is 0 Å². The molecule has 1 aliphatic carbocycles. The smallest absolute Gasteiger partial charge is 0.122 e. The number of methoxy groups -OCH3 is 1. The van der Waals surface area contributed by atoms with Gasteiger partial charge in [-0.2, -0.15) is 0 Å². The van der Waals surface area contributed by atoms with Crippen molar-refractivity contribution in [3.63, 3.8) is 0 Å². The lowest BCUT2D eigenvalue weighted by molar-refractivity contribution is 0.224. The Hall–Kier alpha value is -2.20. The summed E-state index contributed by atoms with van der Waals surface area (Å²) in [6.07, 6.45) is 4.75. The van der Waals surface area contributed by atoms with Gasteiger partial charge in [0.15, 0.2) is 0 Å². The van der Waals surface area contributed by atoms with Gasteiger partial charge in [-0.1, -0.05) is 18.2 Å². The van der Waals surface area contributed by atoms with E-state index in [4.69, 9.17) is 9.47 Å². The Morgan fingerprint density at radius 2 is 1.81 bits per heavy atom. The number of rotatable bonds is 7. The minimum Gasteiger partial charge on any atom is -0.497 e. The van der Waals surface area contributed by atoms with Crippen LogP contribution in [0.25, 0.3) is 0 Å². The third-order valence-corrected chi connectivity index (χ3v) is 5.77. The Morgan fingerprint density at radius 1 is 0.963 bits per heavy atom. The van der Waals surface area contributed by atoms with Crippen LogP contribution in [0.3, 0.4) is 0 Å². The van der Waals surface area contributed by atoms with E-state index in [0.29, 0.717) is 0 Å². The molecule has 0 unspecified atom stereocenters. The van der Waals surface area contributed by atoms with E-state index < -0.39 is 0 Å². The molecule has 0 saturated carbocycles. The fraction of sp³-hybridized carbons (Fsp3) is 0.478. The molecule has 0 bridgehead atoms. The maximum atomic E-state index is 6.10. The van der Waals surface area contributed by atoms with E-state index in [9.17, 15) is 0 Å². The number of fused-ring (bicyclic) bond motifs is 1. The molecule has 2 aromatic rings. The van der Waals surface area contributed by atoms with Gasteiger partial charge < -0.3 is 14.4 Å². The van der Waals surface area contributed by atoms with Crippen LogP contribution in [0.15, 0.2) is 42.5 Å². The summed E-state index contributed by atoms with van der Waals surface area (Å²) in [6.45, 7) is 6.28. The summed E-state index contributed by atoms with van der Waals surface area (Å²) in [5.41, 5.74) is 4.20. The van der Waals surface area contributed by atoms with Crippen molar-refractivity contribution < 1.29 is 9.47 Å². The highest BCUT2D eigenvalue weighted by Gasteiger charge is 2.18. The largest absolute Gasteiger partial charge is 0.497 e. The number of ether oxygens (including phenoxy) is 2. The minimum atomic E-state index is 0.812. The summed E-state index contributed by atoms with van der Waals surface area (Å²) in [4.78, 5) is 5.00. The third kappa shape index (κ3) is 4.38. The molecule has 1 aliphatic heterocycles. The molecule has 144 valence electrons. The molecule has 0 radical (unpaired) electrons. The summed E-state index contributed by atoms with van der Waals surface area (Å²) >= 11 is 0. The second-order valence-electron chi connectivity index (χ2n) is 7.48. The van der Waals surface area contributed by atoms with Gasteiger partial charge in [0, 0.05) is 44.5 Å². The highest BCUT2D eigenvalue weighted by atomic mass is 16.5. The van der Waals surface area contributed by atoms with E-state index in [-0.39, 0.29) is 0 Å². The van der Waals surface area contributed by atoms with Crippen molar-refractivity contribution in [3.05, 3.63) is 53.6 Å². The first-order valence-corrected chi connectivity index (χ1v) is 10.2. The molecular weight excluding hydrogens is 336 g/mol. The highest BCUT2D eigenvalue weighted by Crippen LogP contribution is 2.30. The number of hydrogen-bond donors (Lipinski definition) is 0. The molecule has 0 spiro atoms. The van der Waals surface area contributed by atoms with Crippen molar-refractivity contribution in [1.82, 2.24) is 4.90 Å². The van der Waals surface area contributed by atoms with Gasteiger partial charge in [0.25, 0.3) is 0 Å². The first kappa shape index (κ1) is 18.2. The van der Waals surface area contributed by atoms with Crippen LogP contribution >= 0.6 is 0 Å². The predicted molar refractivity (Wildman–Crippen MR) is 110 cm³/mol. The molecule has 1 saturated heterocycles. The Morgan fingerprint density at radius 3 is 2.67 bits per heavy atom. The Balaban J connectivity index is 1.19. The standard InChI is InChI=1S/C23H30N2O2/c1-26-21-9-4-8-20(18-21)25-15-13-24(14-16-25)12-5-17-27-23-11-3-7-19-6-2-10-22(19)23/h3-4,7-9,11,18H,2,5-6,10,12-17H2,1H3. The maximum Gasteiger partial charge on any atom is 0.122 e. The molecule has 2 aliphatic rings. The van der Waals surface area contributed by atoms with Gasteiger partial charge >= 0.3 is 0 Å². The summed E-state index contributed by atoms with van der Waals surface area (Å²) < 4.78 is 11.5. The molecule has 27 heavy (non-hydrogen) atoms. The van der Waals surface area contributed by atoms with Crippen LogP contribution in [0.1, 0.15) is 24.0 Å². The topological polar surface area (TPSA) is 24.9 Å². The van der Waals surface area contributed by atoms with E-state index >= 15 is 0 Å². The zero-order valence-corrected chi connectivity index (χ0v) is 16.3. The number of benzene rings is 2. The molecule has 0 N–H and O–H groups in total. The lowest BCUT2D eigenvalue weighted by Gasteiger charge is -2.36. The highest BCUT2D eigenvalue weighted by molar-refractivity contribution is 5.51. The van der Waals surface area contributed by atoms with Crippen LogP contribution in [-0.4, -0.2) is 51.3 Å². The zero-order valence-electron chi connectivity index (χ0n) is 16.3. The summed E-state index contributed by atoms with van der Waals surface area (Å²) in [7, 11) is 1.73. The molecular formula is C23H30N2O2. The number of piperazine rings is 1. The summed E-state index contributed by atoms with van der Waals surface area (Å²) in [5.74, 6) is 2.05. The van der Waals surface area contributed by atoms with Crippen LogP contribution in [-0.2, 0) is 12.8 Å². The molecule has 1 fully saturated rings. The first-order chi connectivity index (χ1) is 13.3. The maximum absolute atomic E-state index is 6.10. The first-order valence-electron chi connectivity index (χ1n) is 10.2. The number of anilines is 1. The second kappa shape index (κ2) is 8.66. The molecule has 4 nitrogen and oxygen atoms in total. The van der Waals surface area contributed by atoms with Gasteiger partial charge in [0.1, 0.15) is 11.5 Å². The average molecular weight is 367 g/mol. The van der Waals surface area contributed by atoms with E-state index in [1.807, 2.05) is 6.07 Å².